The molecule has 0 radical (unpaired) electrons. The second-order valence-electron chi connectivity index (χ2n) is 8.25. The largest absolute Gasteiger partial charge is 0.442 e. The molecular formula is C20H29N5O4S. The maximum Gasteiger partial charge on any atom is 0.276 e. The zero-order valence-corrected chi connectivity index (χ0v) is 18.3. The van der Waals surface area contributed by atoms with Gasteiger partial charge < -0.3 is 9.32 Å². The van der Waals surface area contributed by atoms with Crippen molar-refractivity contribution in [2.75, 3.05) is 39.3 Å². The maximum absolute atomic E-state index is 13.1. The first-order valence-electron chi connectivity index (χ1n) is 10.5. The predicted molar refractivity (Wildman–Crippen MR) is 111 cm³/mol. The van der Waals surface area contributed by atoms with Gasteiger partial charge in [0.1, 0.15) is 5.69 Å². The average Bonchev–Trinajstić information content (AvgIpc) is 3.45. The number of rotatable bonds is 5. The van der Waals surface area contributed by atoms with Gasteiger partial charge in [0.15, 0.2) is 5.76 Å². The number of piperazine rings is 1. The Balaban J connectivity index is 1.42. The molecule has 164 valence electrons. The van der Waals surface area contributed by atoms with E-state index < -0.39 is 10.0 Å². The van der Waals surface area contributed by atoms with Gasteiger partial charge in [0.05, 0.1) is 5.92 Å². The number of nitrogens with one attached hydrogen (secondary N) is 1. The second-order valence-corrected chi connectivity index (χ2v) is 10.1. The Hall–Kier alpha value is -2.17. The minimum atomic E-state index is -3.80. The fourth-order valence-electron chi connectivity index (χ4n) is 4.20. The summed E-state index contributed by atoms with van der Waals surface area (Å²) in [5.41, 5.74) is 0.615. The van der Waals surface area contributed by atoms with Gasteiger partial charge >= 0.3 is 0 Å². The van der Waals surface area contributed by atoms with Gasteiger partial charge in [-0.2, -0.15) is 9.40 Å². The smallest absolute Gasteiger partial charge is 0.276 e. The van der Waals surface area contributed by atoms with Crippen LogP contribution in [0, 0.1) is 5.92 Å². The van der Waals surface area contributed by atoms with E-state index >= 15 is 0 Å². The zero-order chi connectivity index (χ0) is 21.3. The lowest BCUT2D eigenvalue weighted by atomic mass is 9.97. The van der Waals surface area contributed by atoms with E-state index in [0.29, 0.717) is 50.0 Å². The molecule has 0 aliphatic carbocycles. The van der Waals surface area contributed by atoms with Gasteiger partial charge in [0.2, 0.25) is 11.0 Å². The predicted octanol–water partition coefficient (Wildman–Crippen LogP) is 1.62. The summed E-state index contributed by atoms with van der Waals surface area (Å²) in [7, 11) is -3.80. The summed E-state index contributed by atoms with van der Waals surface area (Å²) in [5.74, 6) is 0.177. The molecule has 1 amide bonds. The van der Waals surface area contributed by atoms with Crippen molar-refractivity contribution >= 4 is 15.9 Å². The van der Waals surface area contributed by atoms with Gasteiger partial charge in [-0.1, -0.05) is 0 Å². The third kappa shape index (κ3) is 4.17. The molecule has 2 aromatic rings. The van der Waals surface area contributed by atoms with Crippen molar-refractivity contribution in [1.29, 1.82) is 0 Å². The third-order valence-corrected chi connectivity index (χ3v) is 7.77. The lowest BCUT2D eigenvalue weighted by Gasteiger charge is -2.39. The Labute approximate surface area is 177 Å². The number of carbonyl (C=O) groups is 1. The molecule has 2 aliphatic heterocycles. The molecule has 1 N–H and O–H groups in total. The van der Waals surface area contributed by atoms with Crippen LogP contribution in [0.3, 0.4) is 0 Å². The zero-order valence-electron chi connectivity index (χ0n) is 17.5. The lowest BCUT2D eigenvalue weighted by molar-refractivity contribution is -0.138. The Morgan fingerprint density at radius 1 is 1.17 bits per heavy atom. The summed E-state index contributed by atoms with van der Waals surface area (Å²) >= 11 is 0. The Bertz CT molecular complexity index is 961. The number of aromatic amines is 1. The summed E-state index contributed by atoms with van der Waals surface area (Å²) < 4.78 is 33.2. The molecule has 9 nitrogen and oxygen atoms in total. The Kier molecular flexibility index (Phi) is 5.99. The number of amides is 1. The second kappa shape index (κ2) is 8.52. The van der Waals surface area contributed by atoms with Crippen molar-refractivity contribution < 1.29 is 17.6 Å². The van der Waals surface area contributed by atoms with Gasteiger partial charge in [-0.3, -0.25) is 14.8 Å². The number of sulfonamides is 1. The number of aromatic nitrogens is 2. The highest BCUT2D eigenvalue weighted by atomic mass is 32.2. The van der Waals surface area contributed by atoms with Crippen molar-refractivity contribution in [2.24, 2.45) is 5.92 Å². The average molecular weight is 436 g/mol. The highest BCUT2D eigenvalue weighted by Gasteiger charge is 2.37. The van der Waals surface area contributed by atoms with E-state index in [1.807, 2.05) is 4.90 Å². The maximum atomic E-state index is 13.1. The fourth-order valence-corrected chi connectivity index (χ4v) is 5.64. The SMILES string of the molecule is CC(C)N1CCN(C(=O)[C@H]2CCCN(S(=O)(=O)c3ccc(-c4ccn[nH]4)o3)C2)CC1. The molecule has 0 spiro atoms. The quantitative estimate of drug-likeness (QED) is 0.766. The van der Waals surface area contributed by atoms with E-state index in [1.165, 1.54) is 10.4 Å². The van der Waals surface area contributed by atoms with Gasteiger partial charge in [-0.15, -0.1) is 0 Å². The summed E-state index contributed by atoms with van der Waals surface area (Å²) in [6, 6.07) is 5.25. The molecule has 2 saturated heterocycles. The summed E-state index contributed by atoms with van der Waals surface area (Å²) in [6.45, 7) is 8.04. The van der Waals surface area contributed by atoms with E-state index in [2.05, 4.69) is 28.9 Å². The molecule has 2 fully saturated rings. The van der Waals surface area contributed by atoms with Crippen molar-refractivity contribution in [3.05, 3.63) is 24.4 Å². The fraction of sp³-hybridized carbons (Fsp3) is 0.600. The van der Waals surface area contributed by atoms with Crippen LogP contribution in [0.15, 0.2) is 33.9 Å². The molecule has 0 aromatic carbocycles. The number of carbonyl (C=O) groups excluding carboxylic acids is 1. The van der Waals surface area contributed by atoms with Crippen LogP contribution in [0.1, 0.15) is 26.7 Å². The van der Waals surface area contributed by atoms with Crippen LogP contribution >= 0.6 is 0 Å². The number of furan rings is 1. The van der Waals surface area contributed by atoms with E-state index in [9.17, 15) is 13.2 Å². The highest BCUT2D eigenvalue weighted by Crippen LogP contribution is 2.29. The Morgan fingerprint density at radius 2 is 1.93 bits per heavy atom. The van der Waals surface area contributed by atoms with Crippen molar-refractivity contribution in [3.63, 3.8) is 0 Å². The van der Waals surface area contributed by atoms with Crippen molar-refractivity contribution in [3.8, 4) is 11.5 Å². The molecule has 0 unspecified atom stereocenters. The van der Waals surface area contributed by atoms with Crippen molar-refractivity contribution in [2.45, 2.75) is 37.8 Å². The van der Waals surface area contributed by atoms with Crippen LogP contribution in [0.4, 0.5) is 0 Å². The third-order valence-electron chi connectivity index (χ3n) is 6.03. The molecule has 2 aromatic heterocycles. The van der Waals surface area contributed by atoms with Gasteiger partial charge in [-0.05, 0) is 44.9 Å². The molecule has 0 saturated carbocycles. The van der Waals surface area contributed by atoms with Crippen LogP contribution < -0.4 is 0 Å². The van der Waals surface area contributed by atoms with E-state index in [0.717, 1.165) is 13.1 Å². The molecule has 30 heavy (non-hydrogen) atoms. The minimum absolute atomic E-state index is 0.0656. The molecule has 1 atom stereocenters. The standard InChI is InChI=1S/C20H29N5O4S/c1-15(2)23-10-12-24(13-11-23)20(26)16-4-3-9-25(14-16)30(27,28)19-6-5-18(29-19)17-7-8-21-22-17/h5-8,15-16H,3-4,9-14H2,1-2H3,(H,21,22)/t16-/m0/s1. The number of hydrogen-bond acceptors (Lipinski definition) is 6. The molecule has 4 rings (SSSR count). The minimum Gasteiger partial charge on any atom is -0.442 e. The van der Waals surface area contributed by atoms with Crippen LogP contribution in [0.5, 0.6) is 0 Å². The first kappa shape index (κ1) is 21.1. The lowest BCUT2D eigenvalue weighted by Crippen LogP contribution is -2.54. The number of piperidine rings is 1. The highest BCUT2D eigenvalue weighted by molar-refractivity contribution is 7.89. The van der Waals surface area contributed by atoms with Gasteiger partial charge in [-0.25, -0.2) is 8.42 Å². The summed E-state index contributed by atoms with van der Waals surface area (Å²) in [4.78, 5) is 17.3. The topological polar surface area (TPSA) is 103 Å². The van der Waals surface area contributed by atoms with Crippen LogP contribution in [-0.4, -0.2) is 83.9 Å². The van der Waals surface area contributed by atoms with Gasteiger partial charge in [0.25, 0.3) is 10.0 Å². The number of H-pyrrole nitrogens is 1. The molecule has 10 heteroatoms. The van der Waals surface area contributed by atoms with E-state index in [-0.39, 0.29) is 23.5 Å². The van der Waals surface area contributed by atoms with Gasteiger partial charge in [0, 0.05) is 51.5 Å². The molecule has 4 heterocycles. The number of nitrogens with zero attached hydrogens (tertiary/aromatic N) is 4. The summed E-state index contributed by atoms with van der Waals surface area (Å²) in [6.07, 6.45) is 2.95. The van der Waals surface area contributed by atoms with Crippen molar-refractivity contribution in [1.82, 2.24) is 24.3 Å². The molecule has 2 aliphatic rings. The molecule has 0 bridgehead atoms. The van der Waals surface area contributed by atoms with Crippen LogP contribution in [-0.2, 0) is 14.8 Å². The van der Waals surface area contributed by atoms with Crippen LogP contribution in [0.25, 0.3) is 11.5 Å². The van der Waals surface area contributed by atoms with Crippen LogP contribution in [0.2, 0.25) is 0 Å². The Morgan fingerprint density at radius 3 is 2.60 bits per heavy atom. The number of hydrogen-bond donors (Lipinski definition) is 1. The first-order chi connectivity index (χ1) is 14.4. The summed E-state index contributed by atoms with van der Waals surface area (Å²) in [5, 5.41) is 6.51. The molecular weight excluding hydrogens is 406 g/mol. The monoisotopic (exact) mass is 435 g/mol. The first-order valence-corrected chi connectivity index (χ1v) is 11.9. The normalized spacial score (nSPS) is 22.0. The van der Waals surface area contributed by atoms with E-state index in [1.54, 1.807) is 18.3 Å². The van der Waals surface area contributed by atoms with E-state index in [4.69, 9.17) is 4.42 Å².